The van der Waals surface area contributed by atoms with E-state index in [-0.39, 0.29) is 0 Å². The van der Waals surface area contributed by atoms with Crippen LogP contribution in [0.3, 0.4) is 0 Å². The van der Waals surface area contributed by atoms with Gasteiger partial charge < -0.3 is 4.90 Å². The van der Waals surface area contributed by atoms with Gasteiger partial charge in [0.05, 0.1) is 0 Å². The Morgan fingerprint density at radius 2 is 1.69 bits per heavy atom. The zero-order chi connectivity index (χ0) is 11.5. The van der Waals surface area contributed by atoms with Crippen molar-refractivity contribution in [3.63, 3.8) is 0 Å². The average molecular weight is 217 g/mol. The summed E-state index contributed by atoms with van der Waals surface area (Å²) in [5.74, 6) is 3.76. The number of hydrogen-bond acceptors (Lipinski definition) is 1. The summed E-state index contributed by atoms with van der Waals surface area (Å²) < 4.78 is 0. The Morgan fingerprint density at radius 3 is 2.06 bits per heavy atom. The summed E-state index contributed by atoms with van der Waals surface area (Å²) in [5.41, 5.74) is 1.73. The fourth-order valence-corrected chi connectivity index (χ4v) is 3.73. The van der Waals surface area contributed by atoms with Crippen LogP contribution < -0.4 is 0 Å². The van der Waals surface area contributed by atoms with Crippen LogP contribution in [0.5, 0.6) is 0 Å². The first-order valence-electron chi connectivity index (χ1n) is 6.57. The molecule has 88 valence electrons. The van der Waals surface area contributed by atoms with Crippen LogP contribution in [-0.4, -0.2) is 18.0 Å². The first-order chi connectivity index (χ1) is 7.46. The lowest BCUT2D eigenvalue weighted by Crippen LogP contribution is -2.48. The van der Waals surface area contributed by atoms with Gasteiger partial charge in [-0.2, -0.15) is 0 Å². The van der Waals surface area contributed by atoms with E-state index in [2.05, 4.69) is 44.4 Å². The molecule has 3 rings (SSSR count). The van der Waals surface area contributed by atoms with Gasteiger partial charge >= 0.3 is 0 Å². The topological polar surface area (TPSA) is 3.24 Å². The summed E-state index contributed by atoms with van der Waals surface area (Å²) in [5, 5.41) is 0. The van der Waals surface area contributed by atoms with Gasteiger partial charge in [-0.1, -0.05) is 39.5 Å². The quantitative estimate of drug-likeness (QED) is 0.641. The van der Waals surface area contributed by atoms with Gasteiger partial charge in [-0.15, -0.1) is 0 Å². The molecule has 0 amide bonds. The minimum atomic E-state index is 0.371. The summed E-state index contributed by atoms with van der Waals surface area (Å²) in [6.07, 6.45) is 5.97. The third-order valence-corrected chi connectivity index (χ3v) is 4.58. The Morgan fingerprint density at radius 1 is 1.19 bits per heavy atom. The molecule has 0 bridgehead atoms. The van der Waals surface area contributed by atoms with Crippen molar-refractivity contribution in [2.24, 2.45) is 29.1 Å². The first kappa shape index (κ1) is 10.4. The van der Waals surface area contributed by atoms with E-state index >= 15 is 0 Å². The van der Waals surface area contributed by atoms with Crippen molar-refractivity contribution in [1.82, 2.24) is 4.90 Å². The number of hydrogen-bond donors (Lipinski definition) is 0. The third kappa shape index (κ3) is 1.44. The highest BCUT2D eigenvalue weighted by Crippen LogP contribution is 2.57. The van der Waals surface area contributed by atoms with E-state index < -0.39 is 0 Å². The minimum absolute atomic E-state index is 0.371. The minimum Gasteiger partial charge on any atom is -0.375 e. The van der Waals surface area contributed by atoms with E-state index in [9.17, 15) is 0 Å². The zero-order valence-corrected chi connectivity index (χ0v) is 10.7. The highest BCUT2D eigenvalue weighted by atomic mass is 15.2. The fraction of sp³-hybridized carbons (Fsp3) is 0.733. The van der Waals surface area contributed by atoms with Gasteiger partial charge in [0.15, 0.2) is 0 Å². The van der Waals surface area contributed by atoms with Gasteiger partial charge in [0.2, 0.25) is 0 Å². The SMILES string of the molecule is C=C(CC(C)(C)C)N1CC2C3C=C[C@H]3C2C1. The van der Waals surface area contributed by atoms with E-state index in [0.29, 0.717) is 5.41 Å². The van der Waals surface area contributed by atoms with E-state index in [1.165, 1.54) is 18.8 Å². The van der Waals surface area contributed by atoms with Crippen molar-refractivity contribution in [2.45, 2.75) is 27.2 Å². The Labute approximate surface area is 99.2 Å². The Bertz CT molecular complexity index is 327. The monoisotopic (exact) mass is 217 g/mol. The first-order valence-corrected chi connectivity index (χ1v) is 6.57. The van der Waals surface area contributed by atoms with Crippen LogP contribution in [0, 0.1) is 29.1 Å². The van der Waals surface area contributed by atoms with Crippen molar-refractivity contribution in [2.75, 3.05) is 13.1 Å². The molecule has 1 saturated heterocycles. The molecule has 1 saturated carbocycles. The lowest BCUT2D eigenvalue weighted by molar-refractivity contribution is 0.0661. The highest BCUT2D eigenvalue weighted by Gasteiger charge is 2.55. The molecule has 0 aromatic carbocycles. The van der Waals surface area contributed by atoms with Crippen LogP contribution in [0.2, 0.25) is 0 Å². The van der Waals surface area contributed by atoms with E-state index in [4.69, 9.17) is 0 Å². The summed E-state index contributed by atoms with van der Waals surface area (Å²) >= 11 is 0. The maximum Gasteiger partial charge on any atom is 0.0212 e. The van der Waals surface area contributed by atoms with Gasteiger partial charge in [-0.05, 0) is 35.5 Å². The maximum atomic E-state index is 4.29. The summed E-state index contributed by atoms with van der Waals surface area (Å²) in [7, 11) is 0. The average Bonchev–Trinajstić information content (AvgIpc) is 2.42. The molecule has 3 aliphatic rings. The van der Waals surface area contributed by atoms with Crippen molar-refractivity contribution in [3.8, 4) is 0 Å². The lowest BCUT2D eigenvalue weighted by Gasteiger charge is -2.50. The predicted octanol–water partition coefficient (Wildman–Crippen LogP) is 3.30. The van der Waals surface area contributed by atoms with Crippen LogP contribution in [0.4, 0.5) is 0 Å². The van der Waals surface area contributed by atoms with E-state index in [0.717, 1.165) is 30.1 Å². The van der Waals surface area contributed by atoms with Crippen LogP contribution in [0.25, 0.3) is 0 Å². The second-order valence-electron chi connectivity index (χ2n) is 7.08. The molecule has 0 N–H and O–H groups in total. The van der Waals surface area contributed by atoms with Crippen molar-refractivity contribution in [3.05, 3.63) is 24.4 Å². The zero-order valence-electron chi connectivity index (χ0n) is 10.7. The second kappa shape index (κ2) is 3.15. The highest BCUT2D eigenvalue weighted by molar-refractivity contribution is 5.25. The smallest absolute Gasteiger partial charge is 0.0212 e. The van der Waals surface area contributed by atoms with Crippen molar-refractivity contribution < 1.29 is 0 Å². The van der Waals surface area contributed by atoms with Crippen LogP contribution in [0.15, 0.2) is 24.4 Å². The molecule has 0 radical (unpaired) electrons. The van der Waals surface area contributed by atoms with E-state index in [1.807, 2.05) is 0 Å². The van der Waals surface area contributed by atoms with Crippen LogP contribution >= 0.6 is 0 Å². The second-order valence-corrected chi connectivity index (χ2v) is 7.08. The Hall–Kier alpha value is -0.720. The largest absolute Gasteiger partial charge is 0.375 e. The maximum absolute atomic E-state index is 4.29. The number of likely N-dealkylation sites (tertiary alicyclic amines) is 1. The number of fused-ring (bicyclic) bond motifs is 4. The lowest BCUT2D eigenvalue weighted by atomic mass is 9.53. The number of nitrogens with zero attached hydrogens (tertiary/aromatic N) is 1. The molecule has 1 aliphatic heterocycles. The molecule has 1 nitrogen and oxygen atoms in total. The van der Waals surface area contributed by atoms with Gasteiger partial charge in [-0.3, -0.25) is 0 Å². The fourth-order valence-electron chi connectivity index (χ4n) is 3.73. The molecular weight excluding hydrogens is 194 g/mol. The summed E-state index contributed by atoms with van der Waals surface area (Å²) in [6.45, 7) is 13.7. The molecule has 4 atom stereocenters. The Kier molecular flexibility index (Phi) is 2.05. The molecule has 2 aliphatic carbocycles. The molecule has 0 aromatic heterocycles. The van der Waals surface area contributed by atoms with Gasteiger partial charge in [0.25, 0.3) is 0 Å². The van der Waals surface area contributed by atoms with E-state index in [1.54, 1.807) is 0 Å². The molecule has 0 aromatic rings. The van der Waals surface area contributed by atoms with Gasteiger partial charge in [0.1, 0.15) is 0 Å². The van der Waals surface area contributed by atoms with Crippen molar-refractivity contribution in [1.29, 1.82) is 0 Å². The number of allylic oxidation sites excluding steroid dienone is 3. The van der Waals surface area contributed by atoms with Crippen LogP contribution in [-0.2, 0) is 0 Å². The summed E-state index contributed by atoms with van der Waals surface area (Å²) in [6, 6.07) is 0. The molecule has 16 heavy (non-hydrogen) atoms. The third-order valence-electron chi connectivity index (χ3n) is 4.58. The molecule has 1 heteroatoms. The predicted molar refractivity (Wildman–Crippen MR) is 67.9 cm³/mol. The standard InChI is InChI=1S/C15H23N/c1-10(7-15(2,3)4)16-8-13-11-5-6-12(11)14(13)9-16/h5-6,11-14H,1,7-9H2,2-4H3/t11-,12?,13?,14?/m1/s1. The normalized spacial score (nSPS) is 39.8. The van der Waals surface area contributed by atoms with Crippen molar-refractivity contribution >= 4 is 0 Å². The van der Waals surface area contributed by atoms with Crippen LogP contribution in [0.1, 0.15) is 27.2 Å². The molecule has 2 fully saturated rings. The van der Waals surface area contributed by atoms with Gasteiger partial charge in [-0.25, -0.2) is 0 Å². The molecule has 3 unspecified atom stereocenters. The number of rotatable bonds is 2. The summed E-state index contributed by atoms with van der Waals surface area (Å²) in [4.78, 5) is 2.56. The molecular formula is C15H23N. The Balaban J connectivity index is 1.60. The van der Waals surface area contributed by atoms with Gasteiger partial charge in [0, 0.05) is 18.8 Å². The molecule has 1 heterocycles. The molecule has 0 spiro atoms.